The molecule has 112 valence electrons. The van der Waals surface area contributed by atoms with E-state index in [0.717, 1.165) is 19.4 Å². The van der Waals surface area contributed by atoms with Gasteiger partial charge in [-0.15, -0.1) is 0 Å². The second-order valence-corrected chi connectivity index (χ2v) is 6.77. The summed E-state index contributed by atoms with van der Waals surface area (Å²) < 4.78 is 0. The summed E-state index contributed by atoms with van der Waals surface area (Å²) in [5, 5.41) is 2.84. The summed E-state index contributed by atoms with van der Waals surface area (Å²) in [4.78, 5) is 28.9. The Morgan fingerprint density at radius 3 is 2.70 bits per heavy atom. The van der Waals surface area contributed by atoms with Crippen molar-refractivity contribution in [3.05, 3.63) is 0 Å². The predicted molar refractivity (Wildman–Crippen MR) is 76.1 cm³/mol. The molecule has 0 saturated carbocycles. The van der Waals surface area contributed by atoms with Crippen LogP contribution in [0.15, 0.2) is 0 Å². The van der Waals surface area contributed by atoms with Crippen molar-refractivity contribution < 1.29 is 9.59 Å². The molecular weight excluding hydrogens is 254 g/mol. The average molecular weight is 279 g/mol. The van der Waals surface area contributed by atoms with Gasteiger partial charge in [-0.3, -0.25) is 9.59 Å². The van der Waals surface area contributed by atoms with Crippen molar-refractivity contribution in [1.29, 1.82) is 0 Å². The maximum absolute atomic E-state index is 12.6. The molecule has 0 aromatic rings. The lowest BCUT2D eigenvalue weighted by Gasteiger charge is -2.44. The smallest absolute Gasteiger partial charge is 0.246 e. The molecule has 0 spiro atoms. The summed E-state index contributed by atoms with van der Waals surface area (Å²) in [5.41, 5.74) is 0. The number of hydrogen-bond acceptors (Lipinski definition) is 3. The molecule has 3 fully saturated rings. The number of fused-ring (bicyclic) bond motifs is 1. The van der Waals surface area contributed by atoms with Crippen molar-refractivity contribution in [2.75, 3.05) is 19.6 Å². The van der Waals surface area contributed by atoms with Crippen LogP contribution in [0.25, 0.3) is 0 Å². The monoisotopic (exact) mass is 279 g/mol. The number of rotatable bonds is 2. The molecule has 5 heteroatoms. The van der Waals surface area contributed by atoms with Crippen molar-refractivity contribution >= 4 is 11.8 Å². The van der Waals surface area contributed by atoms with Gasteiger partial charge in [-0.2, -0.15) is 0 Å². The molecule has 3 atom stereocenters. The molecule has 3 heterocycles. The van der Waals surface area contributed by atoms with Gasteiger partial charge >= 0.3 is 0 Å². The molecule has 0 aromatic heterocycles. The van der Waals surface area contributed by atoms with Crippen molar-refractivity contribution in [3.63, 3.8) is 0 Å². The van der Waals surface area contributed by atoms with Gasteiger partial charge in [-0.05, 0) is 38.1 Å². The Kier molecular flexibility index (Phi) is 3.71. The molecule has 5 nitrogen and oxygen atoms in total. The summed E-state index contributed by atoms with van der Waals surface area (Å²) in [6, 6.07) is 0.552. The van der Waals surface area contributed by atoms with Crippen molar-refractivity contribution in [3.8, 4) is 0 Å². The van der Waals surface area contributed by atoms with E-state index in [9.17, 15) is 9.59 Å². The fraction of sp³-hybridized carbons (Fsp3) is 0.867. The van der Waals surface area contributed by atoms with Crippen LogP contribution in [0.5, 0.6) is 0 Å². The summed E-state index contributed by atoms with van der Waals surface area (Å²) in [7, 11) is 0. The highest BCUT2D eigenvalue weighted by molar-refractivity contribution is 5.95. The van der Waals surface area contributed by atoms with E-state index in [-0.39, 0.29) is 36.4 Å². The standard InChI is InChI=1S/C15H25N3O2/c1-10(2)14-15(20)18(9-13(19)16-14)12-5-7-17-6-3-4-11(17)8-12/h10-12,14H,3-9H2,1-2H3,(H,16,19). The molecule has 3 rings (SSSR count). The maximum atomic E-state index is 12.6. The molecule has 3 aliphatic rings. The van der Waals surface area contributed by atoms with Gasteiger partial charge in [0.1, 0.15) is 6.04 Å². The number of amides is 2. The first-order chi connectivity index (χ1) is 9.56. The van der Waals surface area contributed by atoms with Gasteiger partial charge in [0.2, 0.25) is 11.8 Å². The lowest BCUT2D eigenvalue weighted by Crippen LogP contribution is -2.63. The first-order valence-corrected chi connectivity index (χ1v) is 7.90. The van der Waals surface area contributed by atoms with Crippen LogP contribution in [0, 0.1) is 5.92 Å². The Morgan fingerprint density at radius 2 is 1.95 bits per heavy atom. The van der Waals surface area contributed by atoms with E-state index in [1.807, 2.05) is 18.7 Å². The van der Waals surface area contributed by atoms with E-state index in [1.165, 1.54) is 19.4 Å². The molecule has 3 unspecified atom stereocenters. The number of nitrogens with zero attached hydrogens (tertiary/aromatic N) is 2. The first kappa shape index (κ1) is 13.9. The van der Waals surface area contributed by atoms with Crippen molar-refractivity contribution in [2.24, 2.45) is 5.92 Å². The summed E-state index contributed by atoms with van der Waals surface area (Å²) >= 11 is 0. The Labute approximate surface area is 120 Å². The third-order valence-corrected chi connectivity index (χ3v) is 5.08. The average Bonchev–Trinajstić information content (AvgIpc) is 2.87. The SMILES string of the molecule is CC(C)C1NC(=O)CN(C2CCN3CCCC3C2)C1=O. The Hall–Kier alpha value is -1.10. The van der Waals surface area contributed by atoms with Crippen molar-refractivity contribution in [1.82, 2.24) is 15.1 Å². The van der Waals surface area contributed by atoms with E-state index < -0.39 is 0 Å². The third-order valence-electron chi connectivity index (χ3n) is 5.08. The van der Waals surface area contributed by atoms with Gasteiger partial charge in [-0.1, -0.05) is 13.8 Å². The van der Waals surface area contributed by atoms with Gasteiger partial charge in [0.25, 0.3) is 0 Å². The summed E-state index contributed by atoms with van der Waals surface area (Å²) in [6.45, 7) is 6.52. The zero-order valence-corrected chi connectivity index (χ0v) is 12.5. The highest BCUT2D eigenvalue weighted by Crippen LogP contribution is 2.30. The van der Waals surface area contributed by atoms with Crippen LogP contribution in [0.2, 0.25) is 0 Å². The zero-order valence-electron chi connectivity index (χ0n) is 12.5. The third kappa shape index (κ3) is 2.43. The minimum atomic E-state index is -0.335. The fourth-order valence-electron chi connectivity index (χ4n) is 3.94. The molecule has 2 amide bonds. The van der Waals surface area contributed by atoms with Crippen LogP contribution < -0.4 is 5.32 Å². The first-order valence-electron chi connectivity index (χ1n) is 7.90. The summed E-state index contributed by atoms with van der Waals surface area (Å²) in [5.74, 6) is 0.272. The summed E-state index contributed by atoms with van der Waals surface area (Å²) in [6.07, 6.45) is 4.59. The number of hydrogen-bond donors (Lipinski definition) is 1. The molecule has 3 aliphatic heterocycles. The topological polar surface area (TPSA) is 52.7 Å². The molecule has 0 aromatic carbocycles. The van der Waals surface area contributed by atoms with Crippen LogP contribution in [-0.2, 0) is 9.59 Å². The van der Waals surface area contributed by atoms with Gasteiger partial charge in [0, 0.05) is 18.6 Å². The number of piperidine rings is 1. The second kappa shape index (κ2) is 5.35. The molecule has 0 aliphatic carbocycles. The van der Waals surface area contributed by atoms with Crippen LogP contribution >= 0.6 is 0 Å². The van der Waals surface area contributed by atoms with Gasteiger partial charge in [0.05, 0.1) is 6.54 Å². The highest BCUT2D eigenvalue weighted by Gasteiger charge is 2.41. The molecule has 20 heavy (non-hydrogen) atoms. The van der Waals surface area contributed by atoms with Crippen LogP contribution in [0.4, 0.5) is 0 Å². The Bertz CT molecular complexity index is 410. The van der Waals surface area contributed by atoms with E-state index in [1.54, 1.807) is 0 Å². The van der Waals surface area contributed by atoms with Crippen LogP contribution in [0.1, 0.15) is 39.5 Å². The molecular formula is C15H25N3O2. The van der Waals surface area contributed by atoms with Crippen molar-refractivity contribution in [2.45, 2.75) is 57.7 Å². The highest BCUT2D eigenvalue weighted by atomic mass is 16.2. The van der Waals surface area contributed by atoms with Gasteiger partial charge in [0.15, 0.2) is 0 Å². The van der Waals surface area contributed by atoms with E-state index in [0.29, 0.717) is 6.04 Å². The number of nitrogens with one attached hydrogen (secondary N) is 1. The van der Waals surface area contributed by atoms with Crippen LogP contribution in [0.3, 0.4) is 0 Å². The molecule has 3 saturated heterocycles. The van der Waals surface area contributed by atoms with E-state index in [4.69, 9.17) is 0 Å². The number of carbonyl (C=O) groups excluding carboxylic acids is 2. The number of piperazine rings is 1. The van der Waals surface area contributed by atoms with Crippen LogP contribution in [-0.4, -0.2) is 59.4 Å². The molecule has 0 bridgehead atoms. The predicted octanol–water partition coefficient (Wildman–Crippen LogP) is 0.596. The Balaban J connectivity index is 1.71. The minimum absolute atomic E-state index is 0.00264. The van der Waals surface area contributed by atoms with E-state index in [2.05, 4.69) is 10.2 Å². The maximum Gasteiger partial charge on any atom is 0.246 e. The largest absolute Gasteiger partial charge is 0.343 e. The number of carbonyl (C=O) groups is 2. The molecule has 1 N–H and O–H groups in total. The fourth-order valence-corrected chi connectivity index (χ4v) is 3.94. The minimum Gasteiger partial charge on any atom is -0.343 e. The molecule has 0 radical (unpaired) electrons. The van der Waals surface area contributed by atoms with Gasteiger partial charge < -0.3 is 15.1 Å². The zero-order chi connectivity index (χ0) is 14.3. The second-order valence-electron chi connectivity index (χ2n) is 6.77. The van der Waals surface area contributed by atoms with E-state index >= 15 is 0 Å². The lowest BCUT2D eigenvalue weighted by molar-refractivity contribution is -0.149. The van der Waals surface area contributed by atoms with Gasteiger partial charge in [-0.25, -0.2) is 0 Å². The quantitative estimate of drug-likeness (QED) is 0.805. The lowest BCUT2D eigenvalue weighted by atomic mass is 9.93. The normalized spacial score (nSPS) is 35.4. The Morgan fingerprint density at radius 1 is 1.15 bits per heavy atom.